The Kier molecular flexibility index (Phi) is 8.70. The van der Waals surface area contributed by atoms with Gasteiger partial charge in [0.2, 0.25) is 11.8 Å². The number of likely N-dealkylation sites (tertiary alicyclic amines) is 1. The molecular weight excluding hydrogens is 392 g/mol. The number of fused-ring (bicyclic) bond motifs is 1. The van der Waals surface area contributed by atoms with Gasteiger partial charge in [-0.1, -0.05) is 24.3 Å². The molecule has 0 bridgehead atoms. The average molecular weight is 429 g/mol. The second-order valence-corrected chi connectivity index (χ2v) is 8.30. The van der Waals surface area contributed by atoms with Gasteiger partial charge in [-0.15, -0.1) is 0 Å². The summed E-state index contributed by atoms with van der Waals surface area (Å²) in [6.07, 6.45) is 4.23. The van der Waals surface area contributed by atoms with Gasteiger partial charge >= 0.3 is 0 Å². The van der Waals surface area contributed by atoms with Crippen LogP contribution in [0.1, 0.15) is 36.8 Å². The molecule has 31 heavy (non-hydrogen) atoms. The lowest BCUT2D eigenvalue weighted by Gasteiger charge is -2.32. The van der Waals surface area contributed by atoms with Crippen molar-refractivity contribution in [3.8, 4) is 0 Å². The molecule has 1 fully saturated rings. The molecule has 0 aromatic heterocycles. The van der Waals surface area contributed by atoms with E-state index >= 15 is 0 Å². The molecule has 3 rings (SSSR count). The molecule has 0 aliphatic carbocycles. The van der Waals surface area contributed by atoms with Crippen LogP contribution in [0.15, 0.2) is 29.3 Å². The number of rotatable bonds is 7. The van der Waals surface area contributed by atoms with E-state index in [0.717, 1.165) is 57.8 Å². The monoisotopic (exact) mass is 428 g/mol. The van der Waals surface area contributed by atoms with Gasteiger partial charge in [-0.05, 0) is 36.8 Å². The van der Waals surface area contributed by atoms with E-state index in [1.807, 2.05) is 11.0 Å². The molecule has 2 aliphatic heterocycles. The molecule has 2 amide bonds. The Morgan fingerprint density at radius 1 is 1.13 bits per heavy atom. The van der Waals surface area contributed by atoms with E-state index in [4.69, 9.17) is 0 Å². The second kappa shape index (κ2) is 11.7. The summed E-state index contributed by atoms with van der Waals surface area (Å²) in [7, 11) is 3.44. The van der Waals surface area contributed by atoms with Crippen LogP contribution in [0.3, 0.4) is 0 Å². The quantitative estimate of drug-likeness (QED) is 0.338. The molecule has 170 valence electrons. The van der Waals surface area contributed by atoms with E-state index in [9.17, 15) is 9.59 Å². The first-order valence-corrected chi connectivity index (χ1v) is 11.3. The smallest absolute Gasteiger partial charge is 0.233 e. The predicted octanol–water partition coefficient (Wildman–Crippen LogP) is 0.727. The Morgan fingerprint density at radius 2 is 1.87 bits per heavy atom. The third kappa shape index (κ3) is 6.95. The molecule has 0 unspecified atom stereocenters. The van der Waals surface area contributed by atoms with Crippen molar-refractivity contribution >= 4 is 17.8 Å². The highest BCUT2D eigenvalue weighted by molar-refractivity contribution is 5.80. The number of hydrogen-bond acceptors (Lipinski definition) is 4. The number of hydrogen-bond donors (Lipinski definition) is 3. The van der Waals surface area contributed by atoms with Crippen molar-refractivity contribution in [1.82, 2.24) is 25.8 Å². The lowest BCUT2D eigenvalue weighted by molar-refractivity contribution is -0.132. The number of carbonyl (C=O) groups excluding carboxylic acids is 2. The highest BCUT2D eigenvalue weighted by Gasteiger charge is 2.22. The highest BCUT2D eigenvalue weighted by atomic mass is 16.2. The molecule has 3 N–H and O–H groups in total. The van der Waals surface area contributed by atoms with Crippen molar-refractivity contribution < 1.29 is 9.59 Å². The van der Waals surface area contributed by atoms with E-state index in [1.54, 1.807) is 14.1 Å². The van der Waals surface area contributed by atoms with E-state index in [1.165, 1.54) is 11.1 Å². The number of nitrogens with zero attached hydrogens (tertiary/aromatic N) is 3. The Hall–Kier alpha value is -2.61. The Balaban J connectivity index is 1.32. The Labute approximate surface area is 185 Å². The van der Waals surface area contributed by atoms with Crippen LogP contribution >= 0.6 is 0 Å². The van der Waals surface area contributed by atoms with Crippen molar-refractivity contribution in [2.75, 3.05) is 46.8 Å². The van der Waals surface area contributed by atoms with Gasteiger partial charge in [0, 0.05) is 59.3 Å². The third-order valence-electron chi connectivity index (χ3n) is 6.14. The normalized spacial score (nSPS) is 17.7. The van der Waals surface area contributed by atoms with E-state index < -0.39 is 0 Å². The van der Waals surface area contributed by atoms with Gasteiger partial charge in [0.15, 0.2) is 5.96 Å². The zero-order chi connectivity index (χ0) is 22.1. The van der Waals surface area contributed by atoms with Crippen molar-refractivity contribution in [3.63, 3.8) is 0 Å². The van der Waals surface area contributed by atoms with Crippen molar-refractivity contribution in [3.05, 3.63) is 35.4 Å². The molecule has 0 radical (unpaired) electrons. The number of carbonyl (C=O) groups is 2. The summed E-state index contributed by atoms with van der Waals surface area (Å²) in [5.74, 6) is 1.07. The van der Waals surface area contributed by atoms with Crippen LogP contribution in [-0.4, -0.2) is 80.4 Å². The molecule has 2 heterocycles. The molecule has 2 aliphatic rings. The first-order chi connectivity index (χ1) is 15.1. The molecule has 0 atom stereocenters. The van der Waals surface area contributed by atoms with Crippen LogP contribution in [0.25, 0.3) is 0 Å². The topological polar surface area (TPSA) is 89.1 Å². The number of likely N-dealkylation sites (N-methyl/N-ethyl adjacent to an activating group) is 1. The minimum Gasteiger partial charge on any atom is -0.358 e. The number of aliphatic imine (C=N–C) groups is 1. The molecular formula is C23H36N6O2. The Morgan fingerprint density at radius 3 is 2.58 bits per heavy atom. The second-order valence-electron chi connectivity index (χ2n) is 8.30. The first-order valence-electron chi connectivity index (χ1n) is 11.3. The third-order valence-corrected chi connectivity index (χ3v) is 6.14. The van der Waals surface area contributed by atoms with Gasteiger partial charge in [-0.2, -0.15) is 0 Å². The van der Waals surface area contributed by atoms with Gasteiger partial charge in [0.1, 0.15) is 0 Å². The summed E-state index contributed by atoms with van der Waals surface area (Å²) >= 11 is 0. The average Bonchev–Trinajstić information content (AvgIpc) is 2.81. The largest absolute Gasteiger partial charge is 0.358 e. The van der Waals surface area contributed by atoms with Crippen LogP contribution < -0.4 is 16.0 Å². The molecule has 0 spiro atoms. The number of piperidine rings is 1. The number of guanidine groups is 1. The van der Waals surface area contributed by atoms with Crippen LogP contribution in [0, 0.1) is 0 Å². The van der Waals surface area contributed by atoms with E-state index in [-0.39, 0.29) is 11.8 Å². The summed E-state index contributed by atoms with van der Waals surface area (Å²) in [5.41, 5.74) is 2.63. The maximum absolute atomic E-state index is 12.6. The summed E-state index contributed by atoms with van der Waals surface area (Å²) in [6, 6.07) is 8.74. The fourth-order valence-corrected chi connectivity index (χ4v) is 4.22. The fourth-order valence-electron chi connectivity index (χ4n) is 4.22. The standard InChI is InChI=1S/C23H36N6O2/c1-24-21(30)17-28-13-10-20(11-14-28)27-23(25-2)26-12-5-8-22(31)29-15-9-18-6-3-4-7-19(18)16-29/h3-4,6-7,20H,5,8-17H2,1-2H3,(H,24,30)(H2,25,26,27). The summed E-state index contributed by atoms with van der Waals surface area (Å²) < 4.78 is 0. The van der Waals surface area contributed by atoms with Crippen LogP contribution in [-0.2, 0) is 22.6 Å². The lowest BCUT2D eigenvalue weighted by atomic mass is 9.99. The summed E-state index contributed by atoms with van der Waals surface area (Å²) in [6.45, 7) is 4.51. The molecule has 8 nitrogen and oxygen atoms in total. The zero-order valence-electron chi connectivity index (χ0n) is 18.8. The molecule has 0 saturated carbocycles. The Bertz CT molecular complexity index is 773. The number of benzene rings is 1. The maximum atomic E-state index is 12.6. The van der Waals surface area contributed by atoms with Gasteiger partial charge in [0.25, 0.3) is 0 Å². The SMILES string of the molecule is CN=C(NCCCC(=O)N1CCc2ccccc2C1)NC1CCN(CC(=O)NC)CC1. The predicted molar refractivity (Wildman–Crippen MR) is 123 cm³/mol. The van der Waals surface area contributed by atoms with Crippen molar-refractivity contribution in [2.45, 2.75) is 44.7 Å². The minimum atomic E-state index is 0.0622. The van der Waals surface area contributed by atoms with Crippen molar-refractivity contribution in [1.29, 1.82) is 0 Å². The maximum Gasteiger partial charge on any atom is 0.233 e. The van der Waals surface area contributed by atoms with Crippen LogP contribution in [0.2, 0.25) is 0 Å². The molecule has 1 saturated heterocycles. The highest BCUT2D eigenvalue weighted by Crippen LogP contribution is 2.19. The van der Waals surface area contributed by atoms with Gasteiger partial charge in [0.05, 0.1) is 6.54 Å². The number of nitrogens with one attached hydrogen (secondary N) is 3. The van der Waals surface area contributed by atoms with Gasteiger partial charge in [-0.3, -0.25) is 19.5 Å². The van der Waals surface area contributed by atoms with Crippen LogP contribution in [0.5, 0.6) is 0 Å². The van der Waals surface area contributed by atoms with Gasteiger partial charge < -0.3 is 20.9 Å². The molecule has 8 heteroatoms. The zero-order valence-corrected chi connectivity index (χ0v) is 18.8. The first kappa shape index (κ1) is 23.1. The summed E-state index contributed by atoms with van der Waals surface area (Å²) in [4.78, 5) is 32.6. The minimum absolute atomic E-state index is 0.0622. The van der Waals surface area contributed by atoms with Crippen molar-refractivity contribution in [2.24, 2.45) is 4.99 Å². The molecule has 1 aromatic rings. The van der Waals surface area contributed by atoms with E-state index in [0.29, 0.717) is 25.6 Å². The molecule has 1 aromatic carbocycles. The van der Waals surface area contributed by atoms with E-state index in [2.05, 4.69) is 44.0 Å². The van der Waals surface area contributed by atoms with Crippen LogP contribution in [0.4, 0.5) is 0 Å². The number of amides is 2. The van der Waals surface area contributed by atoms with Gasteiger partial charge in [-0.25, -0.2) is 0 Å². The fraction of sp³-hybridized carbons (Fsp3) is 0.609. The summed E-state index contributed by atoms with van der Waals surface area (Å²) in [5, 5.41) is 9.48. The lowest BCUT2D eigenvalue weighted by Crippen LogP contribution is -2.50.